The minimum Gasteiger partial charge on any atom is -0.484 e. The van der Waals surface area contributed by atoms with E-state index in [0.29, 0.717) is 16.5 Å². The standard InChI is InChI=1S/C17H14BrClN4O4/c1-23-15(16(20)24)12(7-21-23)22-17(25)14-5-3-10(27-14)8-26-13-4-2-9(18)6-11(13)19/h2-7H,8H2,1H3,(H2,20,24)(H,22,25). The first-order valence-corrected chi connectivity index (χ1v) is 8.82. The number of furan rings is 1. The highest BCUT2D eigenvalue weighted by Gasteiger charge is 2.19. The Morgan fingerprint density at radius 3 is 2.85 bits per heavy atom. The lowest BCUT2D eigenvalue weighted by Gasteiger charge is -2.06. The van der Waals surface area contributed by atoms with E-state index in [2.05, 4.69) is 26.3 Å². The van der Waals surface area contributed by atoms with Crippen LogP contribution in [0.25, 0.3) is 0 Å². The first kappa shape index (κ1) is 19.0. The van der Waals surface area contributed by atoms with Crippen molar-refractivity contribution in [2.75, 3.05) is 5.32 Å². The third-order valence-corrected chi connectivity index (χ3v) is 4.36. The average molecular weight is 454 g/mol. The van der Waals surface area contributed by atoms with Gasteiger partial charge < -0.3 is 20.2 Å². The Morgan fingerprint density at radius 2 is 2.15 bits per heavy atom. The van der Waals surface area contributed by atoms with Gasteiger partial charge in [0, 0.05) is 11.5 Å². The maximum atomic E-state index is 12.3. The lowest BCUT2D eigenvalue weighted by Crippen LogP contribution is -2.20. The van der Waals surface area contributed by atoms with Crippen molar-refractivity contribution in [3.63, 3.8) is 0 Å². The van der Waals surface area contributed by atoms with Crippen LogP contribution in [0.2, 0.25) is 5.02 Å². The molecule has 2 aromatic heterocycles. The van der Waals surface area contributed by atoms with Crippen LogP contribution in [-0.4, -0.2) is 21.6 Å². The second kappa shape index (κ2) is 7.85. The normalized spacial score (nSPS) is 10.6. The molecule has 2 amide bonds. The van der Waals surface area contributed by atoms with Crippen molar-refractivity contribution in [3.8, 4) is 5.75 Å². The van der Waals surface area contributed by atoms with E-state index in [1.165, 1.54) is 16.9 Å². The number of carbonyl (C=O) groups is 2. The maximum absolute atomic E-state index is 12.3. The van der Waals surface area contributed by atoms with Crippen molar-refractivity contribution in [1.82, 2.24) is 9.78 Å². The molecule has 0 saturated heterocycles. The highest BCUT2D eigenvalue weighted by atomic mass is 79.9. The molecule has 0 saturated carbocycles. The van der Waals surface area contributed by atoms with Gasteiger partial charge in [0.25, 0.3) is 11.8 Å². The number of hydrogen-bond acceptors (Lipinski definition) is 5. The zero-order valence-corrected chi connectivity index (χ0v) is 16.4. The van der Waals surface area contributed by atoms with E-state index in [0.717, 1.165) is 4.47 Å². The Balaban J connectivity index is 1.66. The highest BCUT2D eigenvalue weighted by Crippen LogP contribution is 2.28. The molecular weight excluding hydrogens is 440 g/mol. The van der Waals surface area contributed by atoms with Crippen LogP contribution >= 0.6 is 27.5 Å². The highest BCUT2D eigenvalue weighted by molar-refractivity contribution is 9.10. The summed E-state index contributed by atoms with van der Waals surface area (Å²) in [5, 5.41) is 6.90. The first-order valence-electron chi connectivity index (χ1n) is 7.65. The Hall–Kier alpha value is -2.78. The van der Waals surface area contributed by atoms with Gasteiger partial charge in [-0.25, -0.2) is 0 Å². The van der Waals surface area contributed by atoms with Gasteiger partial charge in [-0.1, -0.05) is 27.5 Å². The number of nitrogens with two attached hydrogens (primary N) is 1. The molecule has 10 heteroatoms. The lowest BCUT2D eigenvalue weighted by atomic mass is 10.3. The van der Waals surface area contributed by atoms with Crippen LogP contribution < -0.4 is 15.8 Å². The van der Waals surface area contributed by atoms with E-state index in [1.807, 2.05) is 0 Å². The molecule has 0 aliphatic carbocycles. The van der Waals surface area contributed by atoms with Gasteiger partial charge >= 0.3 is 0 Å². The molecule has 8 nitrogen and oxygen atoms in total. The first-order chi connectivity index (χ1) is 12.8. The number of primary amides is 1. The zero-order chi connectivity index (χ0) is 19.6. The van der Waals surface area contributed by atoms with Crippen LogP contribution in [-0.2, 0) is 13.7 Å². The molecule has 0 spiro atoms. The van der Waals surface area contributed by atoms with Gasteiger partial charge in [-0.2, -0.15) is 5.10 Å². The van der Waals surface area contributed by atoms with Gasteiger partial charge in [-0.05, 0) is 30.3 Å². The molecule has 0 radical (unpaired) electrons. The van der Waals surface area contributed by atoms with E-state index < -0.39 is 11.8 Å². The Morgan fingerprint density at radius 1 is 1.37 bits per heavy atom. The molecule has 0 aliphatic heterocycles. The third-order valence-electron chi connectivity index (χ3n) is 3.57. The summed E-state index contributed by atoms with van der Waals surface area (Å²) in [6.45, 7) is 0.0913. The molecule has 3 N–H and O–H groups in total. The van der Waals surface area contributed by atoms with Crippen molar-refractivity contribution in [3.05, 3.63) is 63.2 Å². The third kappa shape index (κ3) is 4.32. The van der Waals surface area contributed by atoms with Gasteiger partial charge in [0.1, 0.15) is 23.8 Å². The summed E-state index contributed by atoms with van der Waals surface area (Å²) in [5.41, 5.74) is 5.58. The molecule has 0 bridgehead atoms. The second-order valence-electron chi connectivity index (χ2n) is 5.48. The number of aryl methyl sites for hydroxylation is 1. The number of ether oxygens (including phenoxy) is 1. The molecule has 1 aromatic carbocycles. The summed E-state index contributed by atoms with van der Waals surface area (Å²) >= 11 is 9.40. The van der Waals surface area contributed by atoms with E-state index in [1.54, 1.807) is 31.3 Å². The Bertz CT molecular complexity index is 1010. The molecule has 3 rings (SSSR count). The van der Waals surface area contributed by atoms with E-state index >= 15 is 0 Å². The number of hydrogen-bond donors (Lipinski definition) is 2. The molecule has 0 aliphatic rings. The summed E-state index contributed by atoms with van der Waals surface area (Å²) in [6, 6.07) is 8.34. The van der Waals surface area contributed by atoms with Crippen molar-refractivity contribution in [1.29, 1.82) is 0 Å². The predicted molar refractivity (Wildman–Crippen MR) is 102 cm³/mol. The van der Waals surface area contributed by atoms with Crippen molar-refractivity contribution in [2.24, 2.45) is 12.8 Å². The van der Waals surface area contributed by atoms with E-state index in [4.69, 9.17) is 26.5 Å². The quantitative estimate of drug-likeness (QED) is 0.594. The lowest BCUT2D eigenvalue weighted by molar-refractivity contribution is 0.0992. The summed E-state index contributed by atoms with van der Waals surface area (Å²) in [7, 11) is 1.55. The minimum absolute atomic E-state index is 0.0507. The van der Waals surface area contributed by atoms with Gasteiger partial charge in [0.05, 0.1) is 16.9 Å². The molecule has 0 unspecified atom stereocenters. The van der Waals surface area contributed by atoms with Crippen LogP contribution in [0.4, 0.5) is 5.69 Å². The van der Waals surface area contributed by atoms with Crippen molar-refractivity contribution >= 4 is 45.0 Å². The zero-order valence-electron chi connectivity index (χ0n) is 14.0. The molecule has 0 atom stereocenters. The second-order valence-corrected chi connectivity index (χ2v) is 6.80. The Kier molecular flexibility index (Phi) is 5.52. The molecule has 0 fully saturated rings. The average Bonchev–Trinajstić information content (AvgIpc) is 3.21. The number of aromatic nitrogens is 2. The van der Waals surface area contributed by atoms with Gasteiger partial charge in [0.15, 0.2) is 5.76 Å². The molecule has 27 heavy (non-hydrogen) atoms. The summed E-state index contributed by atoms with van der Waals surface area (Å²) in [6.07, 6.45) is 1.33. The van der Waals surface area contributed by atoms with E-state index in [9.17, 15) is 9.59 Å². The monoisotopic (exact) mass is 452 g/mol. The number of rotatable bonds is 6. The number of benzene rings is 1. The van der Waals surface area contributed by atoms with Crippen molar-refractivity contribution < 1.29 is 18.7 Å². The molecular formula is C17H14BrClN4O4. The number of carbonyl (C=O) groups excluding carboxylic acids is 2. The van der Waals surface area contributed by atoms with Crippen LogP contribution in [0.3, 0.4) is 0 Å². The summed E-state index contributed by atoms with van der Waals surface area (Å²) in [4.78, 5) is 23.8. The van der Waals surface area contributed by atoms with Gasteiger partial charge in [-0.3, -0.25) is 14.3 Å². The topological polar surface area (TPSA) is 112 Å². The SMILES string of the molecule is Cn1ncc(NC(=O)c2ccc(COc3ccc(Br)cc3Cl)o2)c1C(N)=O. The number of anilines is 1. The summed E-state index contributed by atoms with van der Waals surface area (Å²) < 4.78 is 13.2. The van der Waals surface area contributed by atoms with Crippen LogP contribution in [0.15, 0.2) is 45.4 Å². The largest absolute Gasteiger partial charge is 0.484 e. The Labute approximate surface area is 167 Å². The van der Waals surface area contributed by atoms with Crippen LogP contribution in [0, 0.1) is 0 Å². The maximum Gasteiger partial charge on any atom is 0.291 e. The van der Waals surface area contributed by atoms with Crippen LogP contribution in [0.1, 0.15) is 26.8 Å². The number of nitrogens with zero attached hydrogens (tertiary/aromatic N) is 2. The van der Waals surface area contributed by atoms with E-state index in [-0.39, 0.29) is 23.7 Å². The fraction of sp³-hybridized carbons (Fsp3) is 0.118. The number of nitrogens with one attached hydrogen (secondary N) is 1. The number of amides is 2. The summed E-state index contributed by atoms with van der Waals surface area (Å²) in [5.74, 6) is -0.275. The number of halogens is 2. The molecule has 3 aromatic rings. The smallest absolute Gasteiger partial charge is 0.291 e. The van der Waals surface area contributed by atoms with Crippen molar-refractivity contribution in [2.45, 2.75) is 6.61 Å². The molecule has 2 heterocycles. The predicted octanol–water partition coefficient (Wildman–Crippen LogP) is 3.36. The van der Waals surface area contributed by atoms with Crippen LogP contribution in [0.5, 0.6) is 5.75 Å². The minimum atomic E-state index is -0.704. The van der Waals surface area contributed by atoms with Gasteiger partial charge in [-0.15, -0.1) is 0 Å². The van der Waals surface area contributed by atoms with Gasteiger partial charge in [0.2, 0.25) is 0 Å². The fourth-order valence-electron chi connectivity index (χ4n) is 2.32. The fourth-order valence-corrected chi connectivity index (χ4v) is 3.05. The molecule has 140 valence electrons.